The number of hydrogen-bond acceptors (Lipinski definition) is 18. The number of carbonyl (C=O) groups is 2. The van der Waals surface area contributed by atoms with Gasteiger partial charge in [-0.3, -0.25) is 0 Å². The number of carbonyl (C=O) groups excluding carboxylic acids is 2. The third-order valence-electron chi connectivity index (χ3n) is 17.4. The molecule has 4 saturated carbocycles. The first-order valence-corrected chi connectivity index (χ1v) is 23.2. The van der Waals surface area contributed by atoms with Crippen LogP contribution in [0, 0.1) is 34.5 Å². The molecule has 7 N–H and O–H groups in total. The van der Waals surface area contributed by atoms with Gasteiger partial charge in [-0.15, -0.1) is 0 Å². The molecule has 3 saturated heterocycles. The molecule has 7 aliphatic rings. The summed E-state index contributed by atoms with van der Waals surface area (Å²) in [4.78, 5) is 26.0. The van der Waals surface area contributed by atoms with E-state index in [1.54, 1.807) is 40.9 Å². The van der Waals surface area contributed by atoms with E-state index in [2.05, 4.69) is 0 Å². The molecule has 0 spiro atoms. The van der Waals surface area contributed by atoms with E-state index in [4.69, 9.17) is 42.6 Å². The first-order valence-electron chi connectivity index (χ1n) is 23.2. The minimum Gasteiger partial charge on any atom is -0.453 e. The Labute approximate surface area is 375 Å². The van der Waals surface area contributed by atoms with Gasteiger partial charge in [0.25, 0.3) is 0 Å². The van der Waals surface area contributed by atoms with Gasteiger partial charge in [-0.25, -0.2) is 4.79 Å². The molecule has 4 aliphatic carbocycles. The Morgan fingerprint density at radius 2 is 1.50 bits per heavy atom. The van der Waals surface area contributed by atoms with Gasteiger partial charge in [0.15, 0.2) is 25.0 Å². The number of ether oxygens (including phenoxy) is 9. The van der Waals surface area contributed by atoms with E-state index in [0.29, 0.717) is 44.1 Å². The van der Waals surface area contributed by atoms with Crippen molar-refractivity contribution in [3.05, 3.63) is 11.6 Å². The van der Waals surface area contributed by atoms with Crippen molar-refractivity contribution >= 4 is 12.3 Å². The van der Waals surface area contributed by atoms with E-state index in [9.17, 15) is 45.3 Å². The summed E-state index contributed by atoms with van der Waals surface area (Å²) in [6.07, 6.45) is -9.69. The Hall–Kier alpha value is -1.72. The summed E-state index contributed by atoms with van der Waals surface area (Å²) < 4.78 is 54.5. The number of aliphatic hydroxyl groups is 7. The number of fused-ring (bicyclic) bond motifs is 5. The summed E-state index contributed by atoms with van der Waals surface area (Å²) in [5.74, 6) is -2.41. The minimum atomic E-state index is -1.59. The second-order valence-corrected chi connectivity index (χ2v) is 20.3. The molecule has 24 atom stereocenters. The molecule has 0 aromatic carbocycles. The molecule has 18 nitrogen and oxygen atoms in total. The van der Waals surface area contributed by atoms with Gasteiger partial charge in [0.2, 0.25) is 0 Å². The number of hydrogen-bond donors (Lipinski definition) is 7. The molecule has 64 heavy (non-hydrogen) atoms. The van der Waals surface area contributed by atoms with E-state index in [1.165, 1.54) is 7.11 Å². The third-order valence-corrected chi connectivity index (χ3v) is 17.4. The van der Waals surface area contributed by atoms with Gasteiger partial charge in [-0.05, 0) is 85.0 Å². The smallest absolute Gasteiger partial charge is 0.333 e. The predicted octanol–water partition coefficient (Wildman–Crippen LogP) is 1.03. The Kier molecular flexibility index (Phi) is 14.9. The van der Waals surface area contributed by atoms with Crippen LogP contribution in [0.25, 0.3) is 0 Å². The quantitative estimate of drug-likeness (QED) is 0.0774. The van der Waals surface area contributed by atoms with Gasteiger partial charge < -0.3 is 83.2 Å². The van der Waals surface area contributed by atoms with Crippen LogP contribution in [0.5, 0.6) is 0 Å². The third kappa shape index (κ3) is 8.14. The lowest BCUT2D eigenvalue weighted by Crippen LogP contribution is -2.62. The van der Waals surface area contributed by atoms with Crippen LogP contribution in [-0.4, -0.2) is 178 Å². The molecule has 3 heterocycles. The predicted molar refractivity (Wildman–Crippen MR) is 223 cm³/mol. The second-order valence-electron chi connectivity index (χ2n) is 20.3. The van der Waals surface area contributed by atoms with Crippen LogP contribution in [0.4, 0.5) is 0 Å². The summed E-state index contributed by atoms with van der Waals surface area (Å²) in [6, 6.07) is 0. The molecular weight excluding hydrogens is 840 g/mol. The Balaban J connectivity index is 1.01. The monoisotopic (exact) mass is 914 g/mol. The number of allylic oxidation sites excluding steroid dienone is 1. The number of methoxy groups -OCH3 is 2. The maximum Gasteiger partial charge on any atom is 0.333 e. The normalized spacial score (nSPS) is 52.3. The van der Waals surface area contributed by atoms with Crippen molar-refractivity contribution in [2.24, 2.45) is 34.5 Å². The van der Waals surface area contributed by atoms with Gasteiger partial charge in [-0.1, -0.05) is 19.9 Å². The first-order chi connectivity index (χ1) is 30.2. The molecule has 0 unspecified atom stereocenters. The Morgan fingerprint density at radius 1 is 0.812 bits per heavy atom. The van der Waals surface area contributed by atoms with Crippen LogP contribution in [0.1, 0.15) is 99.8 Å². The highest BCUT2D eigenvalue weighted by molar-refractivity contribution is 5.87. The zero-order valence-electron chi connectivity index (χ0n) is 38.7. The van der Waals surface area contributed by atoms with Crippen LogP contribution >= 0.6 is 0 Å². The SMILES string of the molecule is C/C=C(\C)C(=O)O[C@H]1[C@H](OC)[C@@H](O)[C@H](O[C@@H]2[C@@H](C)O[C@@H](O[C@H]3CC[C@]4(C)[C@H]5CC[C@]6(C)[C@@H]([C@H](C)O[C@@H]7O[C@H](CO)[C@@H](O)[C@H](O)[C@H]7O)CC[C@]6(O)[C@@H]5[C@H](C=O)[C@@]4(O)C3)C[C@H]2OC)O[C@@H]1C. The highest BCUT2D eigenvalue weighted by Crippen LogP contribution is 2.74. The fourth-order valence-corrected chi connectivity index (χ4v) is 13.5. The molecule has 0 aromatic rings. The lowest BCUT2D eigenvalue weighted by molar-refractivity contribution is -0.344. The number of rotatable bonds is 13. The van der Waals surface area contributed by atoms with E-state index in [0.717, 1.165) is 6.29 Å². The van der Waals surface area contributed by atoms with Crippen molar-refractivity contribution < 1.29 is 88.0 Å². The number of aliphatic hydroxyl groups excluding tert-OH is 5. The van der Waals surface area contributed by atoms with Gasteiger partial charge in [0.05, 0.1) is 48.3 Å². The fourth-order valence-electron chi connectivity index (χ4n) is 13.5. The molecule has 18 heteroatoms. The van der Waals surface area contributed by atoms with Crippen molar-refractivity contribution in [2.45, 2.75) is 209 Å². The number of esters is 1. The molecular formula is C46H74O18. The average molecular weight is 915 g/mol. The summed E-state index contributed by atoms with van der Waals surface area (Å²) in [5.41, 5.74) is -3.89. The fraction of sp³-hybridized carbons (Fsp3) is 0.913. The van der Waals surface area contributed by atoms with Crippen LogP contribution in [0.3, 0.4) is 0 Å². The first kappa shape index (κ1) is 50.2. The highest BCUT2D eigenvalue weighted by Gasteiger charge is 2.77. The standard InChI is InChI=1S/C46H74O18/c1-10-21(2)40(53)63-38-24(5)60-42(36(52)39(38)57-9)64-37-23(4)58-31(17-29(37)56-8)61-25-11-14-44(7)27-12-15-43(6)26(13-16-45(43,54)32(27)28(19-47)46(44,55)18-25)22(3)59-41-35(51)34(50)33(49)30(20-48)62-41/h10,19,22-39,41-42,48-52,54-55H,11-18,20H2,1-9H3/b21-10+/t22-,23+,24+,25-,26+,27-,28-,29+,30+,31-,32-,33+,34-,35+,36+,37+,38+,39+,41+,42-,43+,44+,45-,46-/m0/s1. The van der Waals surface area contributed by atoms with Gasteiger partial charge in [0.1, 0.15) is 49.0 Å². The van der Waals surface area contributed by atoms with Gasteiger partial charge in [0, 0.05) is 55.3 Å². The summed E-state index contributed by atoms with van der Waals surface area (Å²) in [7, 11) is 2.96. The molecule has 7 fully saturated rings. The summed E-state index contributed by atoms with van der Waals surface area (Å²) >= 11 is 0. The Bertz CT molecular complexity index is 1680. The van der Waals surface area contributed by atoms with Gasteiger partial charge >= 0.3 is 5.97 Å². The maximum absolute atomic E-state index is 13.4. The summed E-state index contributed by atoms with van der Waals surface area (Å²) in [5, 5.41) is 78.4. The van der Waals surface area contributed by atoms with Crippen molar-refractivity contribution in [1.29, 1.82) is 0 Å². The van der Waals surface area contributed by atoms with Gasteiger partial charge in [-0.2, -0.15) is 0 Å². The van der Waals surface area contributed by atoms with Crippen molar-refractivity contribution in [2.75, 3.05) is 20.8 Å². The molecule has 7 rings (SSSR count). The van der Waals surface area contributed by atoms with Crippen molar-refractivity contribution in [3.63, 3.8) is 0 Å². The van der Waals surface area contributed by atoms with Crippen LogP contribution in [0.15, 0.2) is 11.6 Å². The minimum absolute atomic E-state index is 0.149. The second kappa shape index (κ2) is 19.0. The van der Waals surface area contributed by atoms with E-state index in [-0.39, 0.29) is 24.7 Å². The maximum atomic E-state index is 13.4. The lowest BCUT2D eigenvalue weighted by Gasteiger charge is -2.56. The molecule has 0 amide bonds. The topological polar surface area (TPSA) is 259 Å². The van der Waals surface area contributed by atoms with Crippen molar-refractivity contribution in [3.8, 4) is 0 Å². The molecule has 3 aliphatic heterocycles. The zero-order chi connectivity index (χ0) is 46.8. The van der Waals surface area contributed by atoms with E-state index < -0.39 is 145 Å². The van der Waals surface area contributed by atoms with E-state index >= 15 is 0 Å². The van der Waals surface area contributed by atoms with Crippen molar-refractivity contribution in [1.82, 2.24) is 0 Å². The molecule has 0 radical (unpaired) electrons. The van der Waals surface area contributed by atoms with Crippen LogP contribution < -0.4 is 0 Å². The highest BCUT2D eigenvalue weighted by atomic mass is 16.7. The molecule has 0 aromatic heterocycles. The average Bonchev–Trinajstić information content (AvgIpc) is 3.66. The number of aldehydes is 1. The lowest BCUT2D eigenvalue weighted by atomic mass is 9.52. The Morgan fingerprint density at radius 3 is 2.14 bits per heavy atom. The largest absolute Gasteiger partial charge is 0.453 e. The van der Waals surface area contributed by atoms with Crippen LogP contribution in [0.2, 0.25) is 0 Å². The van der Waals surface area contributed by atoms with E-state index in [1.807, 2.05) is 20.8 Å². The molecule has 366 valence electrons. The van der Waals surface area contributed by atoms with Crippen LogP contribution in [-0.2, 0) is 52.2 Å². The summed E-state index contributed by atoms with van der Waals surface area (Å²) in [6.45, 7) is 12.2. The molecule has 0 bridgehead atoms. The zero-order valence-corrected chi connectivity index (χ0v) is 38.7.